The predicted octanol–water partition coefficient (Wildman–Crippen LogP) is 6.30. The Morgan fingerprint density at radius 1 is 1.03 bits per heavy atom. The minimum atomic E-state index is -0.0890. The summed E-state index contributed by atoms with van der Waals surface area (Å²) < 4.78 is 3.02. The van der Waals surface area contributed by atoms with E-state index in [1.165, 1.54) is 17.3 Å². The molecule has 0 unspecified atom stereocenters. The van der Waals surface area contributed by atoms with E-state index in [0.717, 1.165) is 39.2 Å². The van der Waals surface area contributed by atoms with E-state index < -0.39 is 0 Å². The Bertz CT molecular complexity index is 1220. The minimum absolute atomic E-state index is 0.0890. The van der Waals surface area contributed by atoms with Gasteiger partial charge >= 0.3 is 0 Å². The molecular formula is C25H23BrN4OS. The molecule has 1 N–H and O–H groups in total. The zero-order valence-electron chi connectivity index (χ0n) is 17.9. The number of aromatic nitrogens is 3. The van der Waals surface area contributed by atoms with Gasteiger partial charge in [-0.3, -0.25) is 9.36 Å². The predicted molar refractivity (Wildman–Crippen MR) is 134 cm³/mol. The van der Waals surface area contributed by atoms with Crippen LogP contribution in [0.2, 0.25) is 0 Å². The van der Waals surface area contributed by atoms with E-state index in [4.69, 9.17) is 0 Å². The Balaban J connectivity index is 1.58. The average Bonchev–Trinajstić information content (AvgIpc) is 3.25. The van der Waals surface area contributed by atoms with Gasteiger partial charge in [-0.2, -0.15) is 0 Å². The molecule has 162 valence electrons. The number of nitrogens with zero attached hydrogens (tertiary/aromatic N) is 3. The topological polar surface area (TPSA) is 59.8 Å². The first-order valence-corrected chi connectivity index (χ1v) is 12.1. The maximum absolute atomic E-state index is 12.6. The minimum Gasteiger partial charge on any atom is -0.325 e. The molecule has 3 aromatic carbocycles. The normalized spacial score (nSPS) is 10.8. The van der Waals surface area contributed by atoms with Crippen molar-refractivity contribution in [2.75, 3.05) is 11.1 Å². The van der Waals surface area contributed by atoms with Crippen LogP contribution in [0.4, 0.5) is 5.69 Å². The molecule has 0 bridgehead atoms. The Morgan fingerprint density at radius 2 is 1.78 bits per heavy atom. The van der Waals surface area contributed by atoms with Crippen LogP contribution in [0.15, 0.2) is 82.4 Å². The second-order valence-corrected chi connectivity index (χ2v) is 9.13. The van der Waals surface area contributed by atoms with Crippen molar-refractivity contribution in [3.63, 3.8) is 0 Å². The van der Waals surface area contributed by atoms with E-state index in [1.54, 1.807) is 0 Å². The second-order valence-electron chi connectivity index (χ2n) is 7.33. The molecule has 0 saturated carbocycles. The molecule has 0 fully saturated rings. The van der Waals surface area contributed by atoms with Gasteiger partial charge in [-0.25, -0.2) is 0 Å². The van der Waals surface area contributed by atoms with Crippen molar-refractivity contribution >= 4 is 39.3 Å². The molecule has 0 spiro atoms. The standard InChI is InChI=1S/C25H23BrN4OS/c1-3-18-9-12-21(13-10-18)30-24(19-7-5-4-6-8-19)28-29-25(30)32-16-23(31)27-20-11-14-22(26)17(2)15-20/h4-15H,3,16H2,1-2H3,(H,27,31). The lowest BCUT2D eigenvalue weighted by molar-refractivity contribution is -0.113. The summed E-state index contributed by atoms with van der Waals surface area (Å²) in [6.07, 6.45) is 0.977. The zero-order valence-corrected chi connectivity index (χ0v) is 20.3. The van der Waals surface area contributed by atoms with Gasteiger partial charge in [0, 0.05) is 21.4 Å². The van der Waals surface area contributed by atoms with Gasteiger partial charge in [0.1, 0.15) is 0 Å². The van der Waals surface area contributed by atoms with Crippen molar-refractivity contribution < 1.29 is 4.79 Å². The van der Waals surface area contributed by atoms with Gasteiger partial charge in [0.05, 0.1) is 5.75 Å². The molecule has 0 aliphatic rings. The maximum Gasteiger partial charge on any atom is 0.234 e. The van der Waals surface area contributed by atoms with Crippen molar-refractivity contribution in [3.05, 3.63) is 88.4 Å². The fraction of sp³-hybridized carbons (Fsp3) is 0.160. The highest BCUT2D eigenvalue weighted by molar-refractivity contribution is 9.10. The van der Waals surface area contributed by atoms with Crippen molar-refractivity contribution in [2.45, 2.75) is 25.4 Å². The first-order chi connectivity index (χ1) is 15.5. The van der Waals surface area contributed by atoms with Crippen molar-refractivity contribution in [3.8, 4) is 17.1 Å². The summed E-state index contributed by atoms with van der Waals surface area (Å²) in [7, 11) is 0. The van der Waals surface area contributed by atoms with Crippen LogP contribution in [0.3, 0.4) is 0 Å². The number of rotatable bonds is 7. The van der Waals surface area contributed by atoms with Gasteiger partial charge in [-0.1, -0.05) is 77.1 Å². The molecule has 4 rings (SSSR count). The number of hydrogen-bond acceptors (Lipinski definition) is 4. The first-order valence-electron chi connectivity index (χ1n) is 10.3. The lowest BCUT2D eigenvalue weighted by atomic mass is 10.1. The summed E-state index contributed by atoms with van der Waals surface area (Å²) >= 11 is 4.85. The van der Waals surface area contributed by atoms with Crippen LogP contribution in [0.5, 0.6) is 0 Å². The molecule has 1 heterocycles. The molecule has 5 nitrogen and oxygen atoms in total. The highest BCUT2D eigenvalue weighted by Crippen LogP contribution is 2.28. The van der Waals surface area contributed by atoms with Crippen LogP contribution >= 0.6 is 27.7 Å². The number of thioether (sulfide) groups is 1. The fourth-order valence-electron chi connectivity index (χ4n) is 3.30. The summed E-state index contributed by atoms with van der Waals surface area (Å²) in [5, 5.41) is 12.5. The molecule has 32 heavy (non-hydrogen) atoms. The van der Waals surface area contributed by atoms with E-state index in [9.17, 15) is 4.79 Å². The fourth-order valence-corrected chi connectivity index (χ4v) is 4.30. The molecule has 1 amide bonds. The molecule has 0 saturated heterocycles. The van der Waals surface area contributed by atoms with Crippen LogP contribution in [0, 0.1) is 6.92 Å². The Morgan fingerprint density at radius 3 is 2.47 bits per heavy atom. The molecule has 7 heteroatoms. The molecular weight excluding hydrogens is 484 g/mol. The van der Waals surface area contributed by atoms with E-state index in [0.29, 0.717) is 5.16 Å². The van der Waals surface area contributed by atoms with Gasteiger partial charge in [-0.05, 0) is 54.8 Å². The number of anilines is 1. The van der Waals surface area contributed by atoms with Crippen molar-refractivity contribution in [2.24, 2.45) is 0 Å². The number of benzene rings is 3. The monoisotopic (exact) mass is 506 g/mol. The van der Waals surface area contributed by atoms with Gasteiger partial charge in [0.15, 0.2) is 11.0 Å². The van der Waals surface area contributed by atoms with Crippen molar-refractivity contribution in [1.82, 2.24) is 14.8 Å². The van der Waals surface area contributed by atoms with E-state index in [-0.39, 0.29) is 11.7 Å². The molecule has 0 aliphatic heterocycles. The van der Waals surface area contributed by atoms with E-state index in [1.807, 2.05) is 60.0 Å². The van der Waals surface area contributed by atoms with E-state index in [2.05, 4.69) is 62.6 Å². The van der Waals surface area contributed by atoms with Gasteiger partial charge < -0.3 is 5.32 Å². The third-order valence-corrected chi connectivity index (χ3v) is 6.86. The second kappa shape index (κ2) is 10.1. The van der Waals surface area contributed by atoms with Crippen molar-refractivity contribution in [1.29, 1.82) is 0 Å². The summed E-state index contributed by atoms with van der Waals surface area (Å²) in [6, 6.07) is 24.1. The van der Waals surface area contributed by atoms with Crippen LogP contribution in [-0.4, -0.2) is 26.4 Å². The zero-order chi connectivity index (χ0) is 22.5. The number of nitrogens with one attached hydrogen (secondary N) is 1. The lowest BCUT2D eigenvalue weighted by Gasteiger charge is -2.11. The SMILES string of the molecule is CCc1ccc(-n2c(SCC(=O)Nc3ccc(Br)c(C)c3)nnc2-c2ccccc2)cc1. The number of halogens is 1. The highest BCUT2D eigenvalue weighted by atomic mass is 79.9. The number of carbonyl (C=O) groups excluding carboxylic acids is 1. The summed E-state index contributed by atoms with van der Waals surface area (Å²) in [4.78, 5) is 12.6. The first kappa shape index (κ1) is 22.3. The molecule has 0 atom stereocenters. The third-order valence-electron chi connectivity index (χ3n) is 5.04. The summed E-state index contributed by atoms with van der Waals surface area (Å²) in [5.74, 6) is 0.893. The number of aryl methyl sites for hydroxylation is 2. The molecule has 0 radical (unpaired) electrons. The summed E-state index contributed by atoms with van der Waals surface area (Å²) in [6.45, 7) is 4.13. The van der Waals surface area contributed by atoms with Crippen LogP contribution in [0.1, 0.15) is 18.1 Å². The smallest absolute Gasteiger partial charge is 0.234 e. The average molecular weight is 507 g/mol. The maximum atomic E-state index is 12.6. The van der Waals surface area contributed by atoms with Gasteiger partial charge in [-0.15, -0.1) is 10.2 Å². The van der Waals surface area contributed by atoms with E-state index >= 15 is 0 Å². The Kier molecular flexibility index (Phi) is 7.07. The summed E-state index contributed by atoms with van der Waals surface area (Å²) in [5.41, 5.74) is 5.05. The molecule has 0 aliphatic carbocycles. The Labute approximate surface area is 200 Å². The van der Waals surface area contributed by atoms with Crippen LogP contribution in [-0.2, 0) is 11.2 Å². The van der Waals surface area contributed by atoms with Gasteiger partial charge in [0.25, 0.3) is 0 Å². The Hall–Kier alpha value is -2.90. The molecule has 4 aromatic rings. The largest absolute Gasteiger partial charge is 0.325 e. The molecule has 1 aromatic heterocycles. The van der Waals surface area contributed by atoms with Crippen LogP contribution < -0.4 is 5.32 Å². The number of hydrogen-bond donors (Lipinski definition) is 1. The quantitative estimate of drug-likeness (QED) is 0.299. The highest BCUT2D eigenvalue weighted by Gasteiger charge is 2.17. The van der Waals surface area contributed by atoms with Crippen LogP contribution in [0.25, 0.3) is 17.1 Å². The lowest BCUT2D eigenvalue weighted by Crippen LogP contribution is -2.14. The third kappa shape index (κ3) is 5.11. The van der Waals surface area contributed by atoms with Gasteiger partial charge in [0.2, 0.25) is 5.91 Å². The number of amides is 1. The number of carbonyl (C=O) groups is 1.